The molecule has 1 aliphatic rings. The molecule has 29 heavy (non-hydrogen) atoms. The van der Waals surface area contributed by atoms with Gasteiger partial charge in [-0.1, -0.05) is 29.8 Å². The summed E-state index contributed by atoms with van der Waals surface area (Å²) in [6.45, 7) is 3.56. The van der Waals surface area contributed by atoms with Crippen molar-refractivity contribution in [2.24, 2.45) is 0 Å². The van der Waals surface area contributed by atoms with E-state index >= 15 is 0 Å². The molecule has 1 N–H and O–H groups in total. The maximum Gasteiger partial charge on any atom is 0.262 e. The molecular weight excluding hydrogens is 392 g/mol. The number of pyridine rings is 2. The molecule has 148 valence electrons. The first-order valence-electron chi connectivity index (χ1n) is 9.21. The van der Waals surface area contributed by atoms with Crippen molar-refractivity contribution in [1.29, 1.82) is 0 Å². The Hall–Kier alpha value is -3.03. The fraction of sp³-hybridized carbons (Fsp3) is 0.238. The van der Waals surface area contributed by atoms with Crippen LogP contribution < -0.4 is 10.2 Å². The van der Waals surface area contributed by atoms with Crippen LogP contribution >= 0.6 is 11.6 Å². The molecule has 1 aliphatic heterocycles. The minimum Gasteiger partial charge on any atom is -0.352 e. The summed E-state index contributed by atoms with van der Waals surface area (Å²) >= 11 is 5.99. The Bertz CT molecular complexity index is 1100. The first-order chi connectivity index (χ1) is 13.9. The van der Waals surface area contributed by atoms with E-state index in [0.717, 1.165) is 5.39 Å². The summed E-state index contributed by atoms with van der Waals surface area (Å²) in [4.78, 5) is 35.3. The number of hydrogen-bond acceptors (Lipinski definition) is 5. The first-order valence-corrected chi connectivity index (χ1v) is 9.58. The van der Waals surface area contributed by atoms with Gasteiger partial charge in [0.1, 0.15) is 17.6 Å². The monoisotopic (exact) mass is 410 g/mol. The van der Waals surface area contributed by atoms with Gasteiger partial charge >= 0.3 is 0 Å². The van der Waals surface area contributed by atoms with Gasteiger partial charge in [0.2, 0.25) is 5.91 Å². The normalized spacial score (nSPS) is 15.8. The summed E-state index contributed by atoms with van der Waals surface area (Å²) in [5.41, 5.74) is 1.63. The van der Waals surface area contributed by atoms with E-state index in [4.69, 9.17) is 16.3 Å². The maximum absolute atomic E-state index is 13.1. The van der Waals surface area contributed by atoms with Gasteiger partial charge in [-0.05, 0) is 44.2 Å². The third kappa shape index (κ3) is 3.79. The fourth-order valence-corrected chi connectivity index (χ4v) is 3.43. The molecule has 1 aromatic carbocycles. The molecule has 0 bridgehead atoms. The quantitative estimate of drug-likeness (QED) is 0.651. The van der Waals surface area contributed by atoms with Gasteiger partial charge in [0, 0.05) is 22.6 Å². The number of nitrogens with one attached hydrogen (secondary N) is 1. The lowest BCUT2D eigenvalue weighted by atomic mass is 10.1. The number of aromatic nitrogens is 2. The first kappa shape index (κ1) is 19.3. The average Bonchev–Trinajstić information content (AvgIpc) is 2.97. The van der Waals surface area contributed by atoms with Crippen LogP contribution in [-0.4, -0.2) is 34.4 Å². The van der Waals surface area contributed by atoms with Crippen LogP contribution in [0.3, 0.4) is 0 Å². The number of fused-ring (bicyclic) bond motifs is 2. The van der Waals surface area contributed by atoms with Crippen LogP contribution in [0.5, 0.6) is 0 Å². The zero-order valence-corrected chi connectivity index (χ0v) is 16.7. The molecule has 3 aromatic rings. The van der Waals surface area contributed by atoms with Crippen LogP contribution in [0, 0.1) is 0 Å². The van der Waals surface area contributed by atoms with E-state index in [1.807, 2.05) is 38.1 Å². The lowest BCUT2D eigenvalue weighted by Gasteiger charge is -2.24. The highest BCUT2D eigenvalue weighted by Gasteiger charge is 2.39. The number of benzene rings is 1. The summed E-state index contributed by atoms with van der Waals surface area (Å²) in [5, 5.41) is 3.90. The standard InChI is InChI=1S/C21H19ClN4O3/c1-12(2)23-18(27)11-29-21-15-6-4-3-5-14(15)20(28)26(21)17-10-8-13-7-9-16(22)24-19(13)25-17/h3-10,12,21H,11H2,1-2H3,(H,23,27). The number of nitrogens with zero attached hydrogens (tertiary/aromatic N) is 3. The third-order valence-corrected chi connectivity index (χ3v) is 4.69. The number of carbonyl (C=O) groups is 2. The Morgan fingerprint density at radius 2 is 1.93 bits per heavy atom. The van der Waals surface area contributed by atoms with Gasteiger partial charge in [-0.3, -0.25) is 14.5 Å². The Labute approximate surface area is 172 Å². The molecule has 2 amide bonds. The zero-order chi connectivity index (χ0) is 20.5. The molecule has 0 spiro atoms. The Balaban J connectivity index is 1.70. The average molecular weight is 411 g/mol. The van der Waals surface area contributed by atoms with E-state index in [2.05, 4.69) is 15.3 Å². The maximum atomic E-state index is 13.1. The number of rotatable bonds is 5. The van der Waals surface area contributed by atoms with Crippen molar-refractivity contribution < 1.29 is 14.3 Å². The van der Waals surface area contributed by atoms with E-state index in [-0.39, 0.29) is 24.5 Å². The number of anilines is 1. The van der Waals surface area contributed by atoms with Crippen LogP contribution in [0.25, 0.3) is 11.0 Å². The van der Waals surface area contributed by atoms with Crippen LogP contribution in [-0.2, 0) is 9.53 Å². The van der Waals surface area contributed by atoms with Crippen molar-refractivity contribution in [3.63, 3.8) is 0 Å². The van der Waals surface area contributed by atoms with Gasteiger partial charge in [0.15, 0.2) is 11.9 Å². The van der Waals surface area contributed by atoms with Gasteiger partial charge in [-0.25, -0.2) is 9.97 Å². The molecule has 0 aliphatic carbocycles. The van der Waals surface area contributed by atoms with Crippen LogP contribution in [0.4, 0.5) is 5.82 Å². The highest BCUT2D eigenvalue weighted by molar-refractivity contribution is 6.29. The molecule has 8 heteroatoms. The van der Waals surface area contributed by atoms with Crippen LogP contribution in [0.1, 0.15) is 36.0 Å². The molecule has 1 unspecified atom stereocenters. The van der Waals surface area contributed by atoms with Crippen molar-refractivity contribution in [1.82, 2.24) is 15.3 Å². The predicted molar refractivity (Wildman–Crippen MR) is 110 cm³/mol. The fourth-order valence-electron chi connectivity index (χ4n) is 3.29. The largest absolute Gasteiger partial charge is 0.352 e. The van der Waals surface area contributed by atoms with E-state index in [0.29, 0.717) is 27.7 Å². The molecule has 0 radical (unpaired) electrons. The second kappa shape index (κ2) is 7.77. The molecule has 3 heterocycles. The minimum atomic E-state index is -0.763. The molecule has 0 saturated carbocycles. The van der Waals surface area contributed by atoms with Gasteiger partial charge < -0.3 is 10.1 Å². The number of amides is 2. The molecule has 4 rings (SSSR count). The second-order valence-electron chi connectivity index (χ2n) is 7.00. The van der Waals surface area contributed by atoms with Gasteiger partial charge in [0.05, 0.1) is 0 Å². The molecule has 2 aromatic heterocycles. The minimum absolute atomic E-state index is 0.00215. The van der Waals surface area contributed by atoms with Crippen molar-refractivity contribution >= 4 is 40.3 Å². The van der Waals surface area contributed by atoms with E-state index in [9.17, 15) is 9.59 Å². The molecule has 1 atom stereocenters. The van der Waals surface area contributed by atoms with Crippen LogP contribution in [0.15, 0.2) is 48.5 Å². The van der Waals surface area contributed by atoms with Gasteiger partial charge in [-0.2, -0.15) is 0 Å². The zero-order valence-electron chi connectivity index (χ0n) is 15.9. The summed E-state index contributed by atoms with van der Waals surface area (Å²) in [6.07, 6.45) is -0.763. The highest BCUT2D eigenvalue weighted by Crippen LogP contribution is 2.37. The Morgan fingerprint density at radius 3 is 2.72 bits per heavy atom. The van der Waals surface area contributed by atoms with Crippen LogP contribution in [0.2, 0.25) is 5.15 Å². The molecular formula is C21H19ClN4O3. The van der Waals surface area contributed by atoms with Crippen molar-refractivity contribution in [3.8, 4) is 0 Å². The highest BCUT2D eigenvalue weighted by atomic mass is 35.5. The summed E-state index contributed by atoms with van der Waals surface area (Å²) in [5.74, 6) is -0.122. The second-order valence-corrected chi connectivity index (χ2v) is 7.39. The van der Waals surface area contributed by atoms with Gasteiger partial charge in [0.25, 0.3) is 5.91 Å². The number of hydrogen-bond donors (Lipinski definition) is 1. The lowest BCUT2D eigenvalue weighted by molar-refractivity contribution is -0.128. The number of ether oxygens (including phenoxy) is 1. The third-order valence-electron chi connectivity index (χ3n) is 4.48. The molecule has 7 nitrogen and oxygen atoms in total. The van der Waals surface area contributed by atoms with Gasteiger partial charge in [-0.15, -0.1) is 0 Å². The van der Waals surface area contributed by atoms with Crippen molar-refractivity contribution in [3.05, 3.63) is 64.8 Å². The Morgan fingerprint density at radius 1 is 1.17 bits per heavy atom. The van der Waals surface area contributed by atoms with Crippen molar-refractivity contribution in [2.45, 2.75) is 26.1 Å². The summed E-state index contributed by atoms with van der Waals surface area (Å²) < 4.78 is 5.87. The summed E-state index contributed by atoms with van der Waals surface area (Å²) in [6, 6.07) is 14.2. The summed E-state index contributed by atoms with van der Waals surface area (Å²) in [7, 11) is 0. The number of carbonyl (C=O) groups excluding carboxylic acids is 2. The topological polar surface area (TPSA) is 84.4 Å². The molecule has 0 saturated heterocycles. The predicted octanol–water partition coefficient (Wildman–Crippen LogP) is 3.48. The Kier molecular flexibility index (Phi) is 5.17. The van der Waals surface area contributed by atoms with E-state index in [1.54, 1.807) is 24.3 Å². The SMILES string of the molecule is CC(C)NC(=O)COC1c2ccccc2C(=O)N1c1ccc2ccc(Cl)nc2n1. The smallest absolute Gasteiger partial charge is 0.262 e. The lowest BCUT2D eigenvalue weighted by Crippen LogP contribution is -2.36. The van der Waals surface area contributed by atoms with Crippen molar-refractivity contribution in [2.75, 3.05) is 11.5 Å². The molecule has 0 fully saturated rings. The van der Waals surface area contributed by atoms with E-state index in [1.165, 1.54) is 4.90 Å². The van der Waals surface area contributed by atoms with E-state index < -0.39 is 6.23 Å². The number of halogens is 1.